The number of carbonyl (C=O) groups excluding carboxylic acids is 4. The Kier molecular flexibility index (Phi) is 9.84. The highest BCUT2D eigenvalue weighted by molar-refractivity contribution is 6.20. The van der Waals surface area contributed by atoms with Crippen LogP contribution in [0.15, 0.2) is 170 Å². The first-order valence-electron chi connectivity index (χ1n) is 20.1. The van der Waals surface area contributed by atoms with Crippen molar-refractivity contribution in [1.82, 2.24) is 9.13 Å². The Morgan fingerprint density at radius 3 is 1.17 bits per heavy atom. The van der Waals surface area contributed by atoms with E-state index in [2.05, 4.69) is 45.8 Å². The van der Waals surface area contributed by atoms with Crippen molar-refractivity contribution in [3.05, 3.63) is 203 Å². The molecule has 0 bridgehead atoms. The summed E-state index contributed by atoms with van der Waals surface area (Å²) >= 11 is 0. The number of nitrogens with zero attached hydrogens (tertiary/aromatic N) is 4. The molecule has 8 nitrogen and oxygen atoms in total. The number of carbonyl (C=O) groups is 4. The van der Waals surface area contributed by atoms with Gasteiger partial charge in [0, 0.05) is 96.7 Å². The summed E-state index contributed by atoms with van der Waals surface area (Å²) in [5.74, 6) is -2.73. The van der Waals surface area contributed by atoms with Gasteiger partial charge in [0.15, 0.2) is 11.6 Å². The lowest BCUT2D eigenvalue weighted by Gasteiger charge is -2.25. The summed E-state index contributed by atoms with van der Waals surface area (Å²) in [6.45, 7) is 0. The van der Waals surface area contributed by atoms with Crippen LogP contribution in [0.5, 0.6) is 0 Å². The smallest absolute Gasteiger partial charge is 0.238 e. The molecule has 10 rings (SSSR count). The molecule has 2 heterocycles. The second kappa shape index (κ2) is 15.5. The number of para-hydroxylation sites is 4. The maximum Gasteiger partial charge on any atom is 0.238 e. The lowest BCUT2D eigenvalue weighted by atomic mass is 9.84. The molecule has 2 aromatic heterocycles. The number of rotatable bonds is 6. The van der Waals surface area contributed by atoms with Gasteiger partial charge in [0.1, 0.15) is 11.8 Å². The van der Waals surface area contributed by atoms with E-state index >= 15 is 0 Å². The zero-order valence-electron chi connectivity index (χ0n) is 33.9. The van der Waals surface area contributed by atoms with Crippen LogP contribution in [0.4, 0.5) is 11.4 Å². The Morgan fingerprint density at radius 1 is 0.433 bits per heavy atom. The van der Waals surface area contributed by atoms with E-state index in [1.807, 2.05) is 148 Å². The minimum absolute atomic E-state index is 0.101. The minimum atomic E-state index is -0.779. The number of ketones is 2. The second-order valence-corrected chi connectivity index (χ2v) is 15.7. The van der Waals surface area contributed by atoms with Crippen LogP contribution < -0.4 is 9.80 Å². The van der Waals surface area contributed by atoms with Crippen LogP contribution in [0.1, 0.15) is 54.8 Å². The van der Waals surface area contributed by atoms with E-state index in [1.54, 1.807) is 23.9 Å². The van der Waals surface area contributed by atoms with Crippen LogP contribution >= 0.6 is 0 Å². The fourth-order valence-corrected chi connectivity index (χ4v) is 9.40. The van der Waals surface area contributed by atoms with Gasteiger partial charge in [-0.05, 0) is 58.7 Å². The molecule has 0 unspecified atom stereocenters. The molecule has 60 heavy (non-hydrogen) atoms. The van der Waals surface area contributed by atoms with Gasteiger partial charge in [-0.15, -0.1) is 0 Å². The number of benzene rings is 6. The second-order valence-electron chi connectivity index (χ2n) is 15.7. The maximum atomic E-state index is 13.6. The SMILES string of the molecule is CN(C(=O)[C@@H]1C(=O)c2ccccc2[C@H]1c1cn(C)c2ccccc12)c1ccccc1.CN(C(=O)[C@H]1C(=O)c2ccccc2[C@@H]1c1cn(C)c2ccccc12)c1ccccc1. The van der Waals surface area contributed by atoms with Crippen LogP contribution in [0.2, 0.25) is 0 Å². The van der Waals surface area contributed by atoms with Crippen molar-refractivity contribution in [3.63, 3.8) is 0 Å². The number of aryl methyl sites for hydroxylation is 2. The highest BCUT2D eigenvalue weighted by Crippen LogP contribution is 2.47. The topological polar surface area (TPSA) is 84.6 Å². The van der Waals surface area contributed by atoms with Crippen LogP contribution in [0.3, 0.4) is 0 Å². The van der Waals surface area contributed by atoms with Gasteiger partial charge in [-0.25, -0.2) is 0 Å². The molecule has 8 heteroatoms. The molecule has 0 saturated carbocycles. The van der Waals surface area contributed by atoms with Crippen LogP contribution in [0, 0.1) is 11.8 Å². The number of hydrogen-bond acceptors (Lipinski definition) is 4. The Balaban J connectivity index is 0.000000154. The fraction of sp³-hybridized carbons (Fsp3) is 0.154. The van der Waals surface area contributed by atoms with Gasteiger partial charge in [0.05, 0.1) is 0 Å². The van der Waals surface area contributed by atoms with E-state index in [-0.39, 0.29) is 35.2 Å². The molecule has 2 amide bonds. The van der Waals surface area contributed by atoms with Crippen molar-refractivity contribution in [3.8, 4) is 0 Å². The van der Waals surface area contributed by atoms with E-state index in [0.717, 1.165) is 55.4 Å². The first-order valence-corrected chi connectivity index (χ1v) is 20.1. The molecular weight excluding hydrogens is 745 g/mol. The molecule has 0 spiro atoms. The van der Waals surface area contributed by atoms with Crippen molar-refractivity contribution in [1.29, 1.82) is 0 Å². The van der Waals surface area contributed by atoms with Gasteiger partial charge in [0.25, 0.3) is 0 Å². The Hall–Kier alpha value is -7.32. The van der Waals surface area contributed by atoms with Gasteiger partial charge in [-0.3, -0.25) is 19.2 Å². The van der Waals surface area contributed by atoms with Crippen molar-refractivity contribution in [2.75, 3.05) is 23.9 Å². The third kappa shape index (κ3) is 6.32. The molecule has 8 aromatic rings. The van der Waals surface area contributed by atoms with Crippen molar-refractivity contribution in [2.45, 2.75) is 11.8 Å². The molecule has 0 fully saturated rings. The summed E-state index contributed by atoms with van der Waals surface area (Å²) in [6, 6.07) is 50.5. The van der Waals surface area contributed by atoms with E-state index < -0.39 is 11.8 Å². The summed E-state index contributed by atoms with van der Waals surface area (Å²) in [5.41, 5.74) is 8.94. The first-order chi connectivity index (χ1) is 29.2. The molecule has 0 aliphatic heterocycles. The molecule has 0 radical (unpaired) electrons. The van der Waals surface area contributed by atoms with Crippen LogP contribution in [-0.4, -0.2) is 46.6 Å². The lowest BCUT2D eigenvalue weighted by Crippen LogP contribution is -2.37. The predicted molar refractivity (Wildman–Crippen MR) is 238 cm³/mol. The molecule has 296 valence electrons. The van der Waals surface area contributed by atoms with Crippen LogP contribution in [0.25, 0.3) is 21.8 Å². The molecular formula is C52H44N4O4. The molecule has 6 aromatic carbocycles. The monoisotopic (exact) mass is 788 g/mol. The maximum absolute atomic E-state index is 13.6. The molecule has 0 N–H and O–H groups in total. The van der Waals surface area contributed by atoms with Gasteiger partial charge in [0.2, 0.25) is 11.8 Å². The normalized spacial score (nSPS) is 17.9. The van der Waals surface area contributed by atoms with Crippen molar-refractivity contribution >= 4 is 56.6 Å². The van der Waals surface area contributed by atoms with Gasteiger partial charge in [-0.2, -0.15) is 0 Å². The zero-order chi connectivity index (χ0) is 41.7. The third-order valence-corrected chi connectivity index (χ3v) is 12.4. The Morgan fingerprint density at radius 2 is 0.767 bits per heavy atom. The number of Topliss-reactive ketones (excluding diaryl/α,β-unsaturated/α-hetero) is 2. The average Bonchev–Trinajstić information content (AvgIpc) is 4.00. The Labute approximate surface area is 348 Å². The Bertz CT molecular complexity index is 2750. The third-order valence-electron chi connectivity index (χ3n) is 12.4. The van der Waals surface area contributed by atoms with Crippen molar-refractivity contribution in [2.24, 2.45) is 25.9 Å². The summed E-state index contributed by atoms with van der Waals surface area (Å²) in [7, 11) is 7.49. The highest BCUT2D eigenvalue weighted by atomic mass is 16.2. The summed E-state index contributed by atoms with van der Waals surface area (Å²) in [5, 5.41) is 2.16. The molecule has 0 saturated heterocycles. The summed E-state index contributed by atoms with van der Waals surface area (Å²) in [6.07, 6.45) is 4.13. The van der Waals surface area contributed by atoms with E-state index in [9.17, 15) is 19.2 Å². The van der Waals surface area contributed by atoms with Crippen LogP contribution in [-0.2, 0) is 23.7 Å². The summed E-state index contributed by atoms with van der Waals surface area (Å²) < 4.78 is 4.14. The van der Waals surface area contributed by atoms with Crippen molar-refractivity contribution < 1.29 is 19.2 Å². The summed E-state index contributed by atoms with van der Waals surface area (Å²) in [4.78, 5) is 57.4. The van der Waals surface area contributed by atoms with E-state index in [1.165, 1.54) is 0 Å². The quantitative estimate of drug-likeness (QED) is 0.157. The van der Waals surface area contributed by atoms with Gasteiger partial charge < -0.3 is 18.9 Å². The number of hydrogen-bond donors (Lipinski definition) is 0. The minimum Gasteiger partial charge on any atom is -0.350 e. The highest BCUT2D eigenvalue weighted by Gasteiger charge is 2.48. The standard InChI is InChI=1S/2C26H22N2O2/c2*1-27-16-21(18-12-8-9-15-22(18)27)23-19-13-6-7-14-20(19)25(29)24(23)26(30)28(2)17-10-4-3-5-11-17/h2*3-16,23-24H,1-2H3/t2*23-,24-/m10/s1. The largest absolute Gasteiger partial charge is 0.350 e. The molecule has 4 atom stereocenters. The fourth-order valence-electron chi connectivity index (χ4n) is 9.40. The predicted octanol–water partition coefficient (Wildman–Crippen LogP) is 9.57. The van der Waals surface area contributed by atoms with E-state index in [4.69, 9.17) is 0 Å². The number of aromatic nitrogens is 2. The molecule has 2 aliphatic carbocycles. The molecule has 2 aliphatic rings. The number of amides is 2. The van der Waals surface area contributed by atoms with E-state index in [0.29, 0.717) is 11.1 Å². The number of anilines is 2. The number of fused-ring (bicyclic) bond motifs is 4. The van der Waals surface area contributed by atoms with Gasteiger partial charge >= 0.3 is 0 Å². The lowest BCUT2D eigenvalue weighted by molar-refractivity contribution is -0.121. The van der Waals surface area contributed by atoms with Gasteiger partial charge in [-0.1, -0.05) is 121 Å². The average molecular weight is 789 g/mol. The first kappa shape index (κ1) is 38.2. The zero-order valence-corrected chi connectivity index (χ0v) is 33.9.